The van der Waals surface area contributed by atoms with E-state index in [1.165, 1.54) is 16.8 Å². The van der Waals surface area contributed by atoms with Crippen molar-refractivity contribution in [3.8, 4) is 5.69 Å². The van der Waals surface area contributed by atoms with Crippen LogP contribution in [0.5, 0.6) is 0 Å². The molecule has 0 saturated carbocycles. The van der Waals surface area contributed by atoms with Gasteiger partial charge >= 0.3 is 0 Å². The summed E-state index contributed by atoms with van der Waals surface area (Å²) in [5.41, 5.74) is 3.23. The van der Waals surface area contributed by atoms with E-state index in [0.29, 0.717) is 28.6 Å². The number of aromatic nitrogens is 3. The molecule has 5 nitrogen and oxygen atoms in total. The molecule has 0 fully saturated rings. The molecule has 1 amide bonds. The van der Waals surface area contributed by atoms with Crippen LogP contribution in [0, 0.1) is 12.7 Å². The maximum absolute atomic E-state index is 13.1. The molecule has 0 bridgehead atoms. The van der Waals surface area contributed by atoms with Crippen molar-refractivity contribution in [1.29, 1.82) is 0 Å². The number of aryl methyl sites for hydroxylation is 2. The minimum absolute atomic E-state index is 0.0425. The van der Waals surface area contributed by atoms with Gasteiger partial charge in [-0.2, -0.15) is 0 Å². The van der Waals surface area contributed by atoms with Crippen LogP contribution in [0.15, 0.2) is 36.4 Å². The van der Waals surface area contributed by atoms with Gasteiger partial charge in [0.25, 0.3) is 5.91 Å². The summed E-state index contributed by atoms with van der Waals surface area (Å²) in [6.07, 6.45) is 1.45. The molecule has 2 aromatic carbocycles. The molecule has 0 aliphatic carbocycles. The molecule has 7 heteroatoms. The van der Waals surface area contributed by atoms with Crippen molar-refractivity contribution in [2.75, 3.05) is 5.32 Å². The van der Waals surface area contributed by atoms with Gasteiger partial charge in [0.15, 0.2) is 0 Å². The number of carbonyl (C=O) groups excluding carboxylic acids is 1. The van der Waals surface area contributed by atoms with Gasteiger partial charge in [0.1, 0.15) is 11.6 Å². The number of benzene rings is 2. The second-order valence-corrected chi connectivity index (χ2v) is 6.50. The quantitative estimate of drug-likeness (QED) is 0.688. The Hall–Kier alpha value is -2.73. The van der Waals surface area contributed by atoms with E-state index in [1.54, 1.807) is 19.1 Å². The third-order valence-electron chi connectivity index (χ3n) is 4.36. The van der Waals surface area contributed by atoms with Crippen molar-refractivity contribution in [3.05, 3.63) is 70.0 Å². The monoisotopic (exact) mass is 386 g/mol. The normalized spacial score (nSPS) is 10.9. The molecule has 27 heavy (non-hydrogen) atoms. The van der Waals surface area contributed by atoms with E-state index in [4.69, 9.17) is 11.6 Å². The molecule has 0 saturated heterocycles. The Balaban J connectivity index is 1.93. The Morgan fingerprint density at radius 2 is 1.85 bits per heavy atom. The molecule has 0 unspecified atom stereocenters. The summed E-state index contributed by atoms with van der Waals surface area (Å²) in [6, 6.07) is 9.60. The maximum Gasteiger partial charge on any atom is 0.295 e. The van der Waals surface area contributed by atoms with Crippen molar-refractivity contribution < 1.29 is 9.18 Å². The van der Waals surface area contributed by atoms with Crippen molar-refractivity contribution >= 4 is 23.2 Å². The molecule has 0 radical (unpaired) electrons. The number of hydrogen-bond acceptors (Lipinski definition) is 3. The minimum atomic E-state index is -0.411. The predicted molar refractivity (Wildman–Crippen MR) is 104 cm³/mol. The van der Waals surface area contributed by atoms with E-state index in [2.05, 4.69) is 15.4 Å². The summed E-state index contributed by atoms with van der Waals surface area (Å²) < 4.78 is 14.6. The van der Waals surface area contributed by atoms with Gasteiger partial charge in [0.2, 0.25) is 5.82 Å². The number of nitrogens with zero attached hydrogens (tertiary/aromatic N) is 3. The lowest BCUT2D eigenvalue weighted by atomic mass is 10.0. The largest absolute Gasteiger partial charge is 0.319 e. The van der Waals surface area contributed by atoms with Crippen LogP contribution in [0.2, 0.25) is 5.02 Å². The summed E-state index contributed by atoms with van der Waals surface area (Å²) in [7, 11) is 0. The summed E-state index contributed by atoms with van der Waals surface area (Å²) in [4.78, 5) is 17.0. The SMILES string of the molecule is CCc1ccc(Cl)c(CC)c1NC(=O)c1nc(C)n(-c2ccc(F)cc2)n1. The first-order chi connectivity index (χ1) is 12.9. The van der Waals surface area contributed by atoms with Crippen LogP contribution in [0.4, 0.5) is 10.1 Å². The van der Waals surface area contributed by atoms with E-state index < -0.39 is 5.91 Å². The van der Waals surface area contributed by atoms with Gasteiger partial charge in [0, 0.05) is 10.7 Å². The summed E-state index contributed by atoms with van der Waals surface area (Å²) >= 11 is 6.29. The first-order valence-electron chi connectivity index (χ1n) is 8.75. The fraction of sp³-hybridized carbons (Fsp3) is 0.250. The highest BCUT2D eigenvalue weighted by Crippen LogP contribution is 2.29. The van der Waals surface area contributed by atoms with Gasteiger partial charge in [-0.3, -0.25) is 4.79 Å². The zero-order chi connectivity index (χ0) is 19.6. The Bertz CT molecular complexity index is 982. The first kappa shape index (κ1) is 19.0. The number of nitrogens with one attached hydrogen (secondary N) is 1. The zero-order valence-electron chi connectivity index (χ0n) is 15.4. The van der Waals surface area contributed by atoms with Gasteiger partial charge < -0.3 is 5.32 Å². The van der Waals surface area contributed by atoms with E-state index in [1.807, 2.05) is 26.0 Å². The Morgan fingerprint density at radius 3 is 2.48 bits per heavy atom. The van der Waals surface area contributed by atoms with E-state index in [9.17, 15) is 9.18 Å². The fourth-order valence-corrected chi connectivity index (χ4v) is 3.24. The second kappa shape index (κ2) is 7.88. The molecule has 0 atom stereocenters. The molecular weight excluding hydrogens is 367 g/mol. The summed E-state index contributed by atoms with van der Waals surface area (Å²) in [6.45, 7) is 5.74. The van der Waals surface area contributed by atoms with Gasteiger partial charge in [0.05, 0.1) is 5.69 Å². The highest BCUT2D eigenvalue weighted by Gasteiger charge is 2.19. The second-order valence-electron chi connectivity index (χ2n) is 6.09. The number of rotatable bonds is 5. The number of hydrogen-bond donors (Lipinski definition) is 1. The highest BCUT2D eigenvalue weighted by molar-refractivity contribution is 6.32. The number of anilines is 1. The molecule has 0 spiro atoms. The van der Waals surface area contributed by atoms with Crippen LogP contribution in [0.1, 0.15) is 41.4 Å². The molecule has 0 aliphatic heterocycles. The third kappa shape index (κ3) is 3.85. The molecule has 1 aromatic heterocycles. The zero-order valence-corrected chi connectivity index (χ0v) is 16.1. The molecule has 1 heterocycles. The molecule has 3 rings (SSSR count). The smallest absolute Gasteiger partial charge is 0.295 e. The number of carbonyl (C=O) groups is 1. The molecule has 0 aliphatic rings. The van der Waals surface area contributed by atoms with Crippen molar-refractivity contribution in [2.45, 2.75) is 33.6 Å². The lowest BCUT2D eigenvalue weighted by Gasteiger charge is -2.15. The minimum Gasteiger partial charge on any atom is -0.319 e. The van der Waals surface area contributed by atoms with Crippen LogP contribution in [-0.2, 0) is 12.8 Å². The molecule has 140 valence electrons. The van der Waals surface area contributed by atoms with Crippen LogP contribution >= 0.6 is 11.6 Å². The average molecular weight is 387 g/mol. The Kier molecular flexibility index (Phi) is 5.56. The number of amides is 1. The Labute approximate surface area is 162 Å². The number of halogens is 2. The van der Waals surface area contributed by atoms with E-state index in [-0.39, 0.29) is 11.6 Å². The predicted octanol–water partition coefficient (Wildman–Crippen LogP) is 4.75. The van der Waals surface area contributed by atoms with Crippen LogP contribution < -0.4 is 5.32 Å². The lowest BCUT2D eigenvalue weighted by molar-refractivity contribution is 0.101. The lowest BCUT2D eigenvalue weighted by Crippen LogP contribution is -2.17. The third-order valence-corrected chi connectivity index (χ3v) is 4.71. The van der Waals surface area contributed by atoms with Crippen LogP contribution in [0.25, 0.3) is 5.69 Å². The van der Waals surface area contributed by atoms with Crippen LogP contribution in [-0.4, -0.2) is 20.7 Å². The molecular formula is C20H20ClFN4O. The van der Waals surface area contributed by atoms with Gasteiger partial charge in [-0.05, 0) is 61.2 Å². The maximum atomic E-state index is 13.1. The van der Waals surface area contributed by atoms with E-state index >= 15 is 0 Å². The van der Waals surface area contributed by atoms with Gasteiger partial charge in [-0.25, -0.2) is 14.1 Å². The fourth-order valence-electron chi connectivity index (χ4n) is 2.95. The van der Waals surface area contributed by atoms with Crippen molar-refractivity contribution in [2.24, 2.45) is 0 Å². The highest BCUT2D eigenvalue weighted by atomic mass is 35.5. The molecule has 1 N–H and O–H groups in total. The molecule has 3 aromatic rings. The average Bonchev–Trinajstić information content (AvgIpc) is 3.05. The van der Waals surface area contributed by atoms with E-state index in [0.717, 1.165) is 17.5 Å². The Morgan fingerprint density at radius 1 is 1.15 bits per heavy atom. The first-order valence-corrected chi connectivity index (χ1v) is 9.13. The standard InChI is InChI=1S/C20H20ClFN4O/c1-4-13-6-11-17(21)16(5-2)18(13)24-20(27)19-23-12(3)26(25-19)15-9-7-14(22)8-10-15/h6-11H,4-5H2,1-3H3,(H,24,27). The van der Waals surface area contributed by atoms with Crippen molar-refractivity contribution in [1.82, 2.24) is 14.8 Å². The van der Waals surface area contributed by atoms with Gasteiger partial charge in [-0.1, -0.05) is 31.5 Å². The summed E-state index contributed by atoms with van der Waals surface area (Å²) in [5.74, 6) is -0.176. The van der Waals surface area contributed by atoms with Crippen LogP contribution in [0.3, 0.4) is 0 Å². The summed E-state index contributed by atoms with van der Waals surface area (Å²) in [5, 5.41) is 7.81. The van der Waals surface area contributed by atoms with Crippen molar-refractivity contribution in [3.63, 3.8) is 0 Å². The topological polar surface area (TPSA) is 59.8 Å². The van der Waals surface area contributed by atoms with Gasteiger partial charge in [-0.15, -0.1) is 5.10 Å².